The molecule has 0 aromatic carbocycles. The second kappa shape index (κ2) is 18.1. The van der Waals surface area contributed by atoms with Gasteiger partial charge in [-0.15, -0.1) is 0 Å². The van der Waals surface area contributed by atoms with Crippen LogP contribution in [0.2, 0.25) is 0 Å². The van der Waals surface area contributed by atoms with E-state index in [1.54, 1.807) is 0 Å². The van der Waals surface area contributed by atoms with Gasteiger partial charge in [-0.25, -0.2) is 0 Å². The van der Waals surface area contributed by atoms with E-state index >= 15 is 0 Å². The fraction of sp³-hybridized carbons (Fsp3) is 0.889. The van der Waals surface area contributed by atoms with Gasteiger partial charge in [0.2, 0.25) is 0 Å². The third-order valence-electron chi connectivity index (χ3n) is 3.67. The third kappa shape index (κ3) is 18.1. The van der Waals surface area contributed by atoms with Gasteiger partial charge in [0, 0.05) is 0 Å². The quantitative estimate of drug-likeness (QED) is 0.188. The summed E-state index contributed by atoms with van der Waals surface area (Å²) in [5.74, 6) is 1.06. The fourth-order valence-electron chi connectivity index (χ4n) is 2.36. The molecule has 0 nitrogen and oxygen atoms in total. The molecule has 1 heteroatoms. The molecule has 114 valence electrons. The topological polar surface area (TPSA) is 0 Å². The monoisotopic (exact) mass is 284 g/mol. The summed E-state index contributed by atoms with van der Waals surface area (Å²) in [6.07, 6.45) is 24.2. The van der Waals surface area contributed by atoms with Crippen molar-refractivity contribution in [2.24, 2.45) is 0 Å². The molecule has 0 heterocycles. The second-order valence-electron chi connectivity index (χ2n) is 5.66. The Balaban J connectivity index is 3.01. The van der Waals surface area contributed by atoms with Crippen molar-refractivity contribution in [1.29, 1.82) is 0 Å². The van der Waals surface area contributed by atoms with Crippen molar-refractivity contribution in [1.82, 2.24) is 0 Å². The number of unbranched alkanes of at least 4 members (excludes halogenated alkanes) is 12. The molecule has 0 aliphatic heterocycles. The number of allylic oxidation sites excluding steroid dienone is 2. The lowest BCUT2D eigenvalue weighted by Crippen LogP contribution is -1.80. The molecule has 0 N–H and O–H groups in total. The molecule has 0 atom stereocenters. The maximum atomic E-state index is 4.23. The average Bonchev–Trinajstić information content (AvgIpc) is 2.43. The largest absolute Gasteiger partial charge is 0.179 e. The Labute approximate surface area is 127 Å². The number of hydrogen-bond acceptors (Lipinski definition) is 1. The second-order valence-corrected chi connectivity index (χ2v) is 6.11. The van der Waals surface area contributed by atoms with E-state index in [1.807, 2.05) is 0 Å². The van der Waals surface area contributed by atoms with Gasteiger partial charge in [0.25, 0.3) is 0 Å². The first-order chi connectivity index (χ1) is 9.41. The molecule has 0 aromatic rings. The predicted octanol–water partition coefficient (Wildman–Crippen LogP) is 6.95. The van der Waals surface area contributed by atoms with Crippen LogP contribution in [-0.2, 0) is 0 Å². The molecule has 0 saturated carbocycles. The molecular weight excluding hydrogens is 248 g/mol. The first-order valence-electron chi connectivity index (χ1n) is 8.67. The van der Waals surface area contributed by atoms with E-state index in [9.17, 15) is 0 Å². The molecule has 0 spiro atoms. The van der Waals surface area contributed by atoms with Crippen molar-refractivity contribution in [3.05, 3.63) is 12.2 Å². The average molecular weight is 285 g/mol. The highest BCUT2D eigenvalue weighted by Gasteiger charge is 1.90. The first kappa shape index (κ1) is 19.1. The molecule has 0 radical (unpaired) electrons. The van der Waals surface area contributed by atoms with Crippen molar-refractivity contribution in [2.45, 2.75) is 96.8 Å². The smallest absolute Gasteiger partial charge is 0.00979 e. The SMILES string of the molecule is CCCCCCCCC=CCCCCCCCCS. The molecule has 19 heavy (non-hydrogen) atoms. The van der Waals surface area contributed by atoms with Crippen LogP contribution in [0, 0.1) is 0 Å². The van der Waals surface area contributed by atoms with E-state index in [-0.39, 0.29) is 0 Å². The van der Waals surface area contributed by atoms with Crippen LogP contribution in [0.5, 0.6) is 0 Å². The van der Waals surface area contributed by atoms with E-state index < -0.39 is 0 Å². The van der Waals surface area contributed by atoms with Crippen molar-refractivity contribution < 1.29 is 0 Å². The summed E-state index contributed by atoms with van der Waals surface area (Å²) >= 11 is 4.23. The Hall–Kier alpha value is 0.0900. The summed E-state index contributed by atoms with van der Waals surface area (Å²) in [6.45, 7) is 2.28. The highest BCUT2D eigenvalue weighted by molar-refractivity contribution is 7.80. The third-order valence-corrected chi connectivity index (χ3v) is 3.99. The van der Waals surface area contributed by atoms with E-state index in [2.05, 4.69) is 31.7 Å². The van der Waals surface area contributed by atoms with Gasteiger partial charge in [-0.2, -0.15) is 12.6 Å². The molecule has 0 amide bonds. The van der Waals surface area contributed by atoms with Crippen LogP contribution in [0.1, 0.15) is 96.8 Å². The number of rotatable bonds is 15. The zero-order valence-corrected chi connectivity index (χ0v) is 14.1. The summed E-state index contributed by atoms with van der Waals surface area (Å²) < 4.78 is 0. The minimum Gasteiger partial charge on any atom is -0.179 e. The van der Waals surface area contributed by atoms with Gasteiger partial charge in [-0.1, -0.05) is 76.9 Å². The zero-order valence-electron chi connectivity index (χ0n) is 13.2. The van der Waals surface area contributed by atoms with Crippen LogP contribution >= 0.6 is 12.6 Å². The minimum absolute atomic E-state index is 1.06. The van der Waals surface area contributed by atoms with Crippen molar-refractivity contribution in [2.75, 3.05) is 5.75 Å². The normalized spacial score (nSPS) is 11.5. The van der Waals surface area contributed by atoms with E-state index in [0.717, 1.165) is 5.75 Å². The molecule has 0 rings (SSSR count). The van der Waals surface area contributed by atoms with Crippen LogP contribution in [0.3, 0.4) is 0 Å². The molecule has 0 bridgehead atoms. The van der Waals surface area contributed by atoms with Gasteiger partial charge in [0.05, 0.1) is 0 Å². The number of hydrogen-bond donors (Lipinski definition) is 1. The minimum atomic E-state index is 1.06. The van der Waals surface area contributed by atoms with Crippen molar-refractivity contribution >= 4 is 12.6 Å². The Kier molecular flexibility index (Phi) is 18.2. The Morgan fingerprint density at radius 2 is 1.00 bits per heavy atom. The van der Waals surface area contributed by atoms with Crippen LogP contribution in [-0.4, -0.2) is 5.75 Å². The molecule has 0 aromatic heterocycles. The first-order valence-corrected chi connectivity index (χ1v) is 9.31. The van der Waals surface area contributed by atoms with Gasteiger partial charge in [0.15, 0.2) is 0 Å². The Morgan fingerprint density at radius 1 is 0.579 bits per heavy atom. The maximum absolute atomic E-state index is 4.23. The van der Waals surface area contributed by atoms with E-state index in [0.29, 0.717) is 0 Å². The summed E-state index contributed by atoms with van der Waals surface area (Å²) in [6, 6.07) is 0. The molecule has 0 aliphatic rings. The summed E-state index contributed by atoms with van der Waals surface area (Å²) in [4.78, 5) is 0. The maximum Gasteiger partial charge on any atom is -0.00979 e. The van der Waals surface area contributed by atoms with Crippen LogP contribution < -0.4 is 0 Å². The Bertz CT molecular complexity index is 175. The fourth-order valence-corrected chi connectivity index (χ4v) is 2.58. The lowest BCUT2D eigenvalue weighted by atomic mass is 10.1. The van der Waals surface area contributed by atoms with Gasteiger partial charge >= 0.3 is 0 Å². The van der Waals surface area contributed by atoms with Gasteiger partial charge < -0.3 is 0 Å². The molecule has 0 aliphatic carbocycles. The summed E-state index contributed by atoms with van der Waals surface area (Å²) in [5.41, 5.74) is 0. The predicted molar refractivity (Wildman–Crippen MR) is 93.3 cm³/mol. The Morgan fingerprint density at radius 3 is 1.47 bits per heavy atom. The highest BCUT2D eigenvalue weighted by atomic mass is 32.1. The van der Waals surface area contributed by atoms with Gasteiger partial charge in [-0.3, -0.25) is 0 Å². The molecule has 0 unspecified atom stereocenters. The van der Waals surface area contributed by atoms with Crippen molar-refractivity contribution in [3.63, 3.8) is 0 Å². The molecule has 0 fully saturated rings. The van der Waals surface area contributed by atoms with Gasteiger partial charge in [-0.05, 0) is 37.9 Å². The lowest BCUT2D eigenvalue weighted by Gasteiger charge is -1.99. The number of thiol groups is 1. The van der Waals surface area contributed by atoms with Crippen LogP contribution in [0.25, 0.3) is 0 Å². The molecule has 0 saturated heterocycles. The van der Waals surface area contributed by atoms with Crippen LogP contribution in [0.4, 0.5) is 0 Å². The van der Waals surface area contributed by atoms with Crippen LogP contribution in [0.15, 0.2) is 12.2 Å². The molecular formula is C18H36S. The van der Waals surface area contributed by atoms with E-state index in [1.165, 1.54) is 89.9 Å². The lowest BCUT2D eigenvalue weighted by molar-refractivity contribution is 0.607. The van der Waals surface area contributed by atoms with Crippen molar-refractivity contribution in [3.8, 4) is 0 Å². The summed E-state index contributed by atoms with van der Waals surface area (Å²) in [5, 5.41) is 0. The summed E-state index contributed by atoms with van der Waals surface area (Å²) in [7, 11) is 0. The van der Waals surface area contributed by atoms with Gasteiger partial charge in [0.1, 0.15) is 0 Å². The zero-order chi connectivity index (χ0) is 14.0. The van der Waals surface area contributed by atoms with E-state index in [4.69, 9.17) is 0 Å². The highest BCUT2D eigenvalue weighted by Crippen LogP contribution is 2.09. The standard InChI is InChI=1S/C18H36S/c1-2-3-4-5-6-7-8-9-10-11-12-13-14-15-16-17-18-19/h9-10,19H,2-8,11-18H2,1H3.